The van der Waals surface area contributed by atoms with Gasteiger partial charge < -0.3 is 0 Å². The molecule has 0 fully saturated rings. The van der Waals surface area contributed by atoms with Gasteiger partial charge in [0.25, 0.3) is 0 Å². The molecule has 0 N–H and O–H groups in total. The third-order valence-electron chi connectivity index (χ3n) is 2.10. The molecule has 0 radical (unpaired) electrons. The van der Waals surface area contributed by atoms with E-state index in [0.717, 1.165) is 11.8 Å². The van der Waals surface area contributed by atoms with E-state index in [2.05, 4.69) is 63.6 Å². The van der Waals surface area contributed by atoms with Crippen LogP contribution in [0.1, 0.15) is 24.5 Å². The zero-order valence-corrected chi connectivity index (χ0v) is 11.6. The second-order valence-corrected chi connectivity index (χ2v) is 5.03. The second-order valence-electron chi connectivity index (χ2n) is 3.07. The molecule has 0 aliphatic rings. The Hall–Kier alpha value is 0.430. The lowest BCUT2D eigenvalue weighted by molar-refractivity contribution is 0.935. The Morgan fingerprint density at radius 1 is 1.38 bits per heavy atom. The molecule has 0 saturated carbocycles. The largest absolute Gasteiger partial charge is 0.0928 e. The predicted molar refractivity (Wildman–Crippen MR) is 70.7 cm³/mol. The number of alkyl halides is 1. The Morgan fingerprint density at radius 2 is 2.15 bits per heavy atom. The summed E-state index contributed by atoms with van der Waals surface area (Å²) >= 11 is 5.88. The minimum absolute atomic E-state index is 1.10. The van der Waals surface area contributed by atoms with E-state index in [1.54, 1.807) is 0 Å². The van der Waals surface area contributed by atoms with E-state index in [9.17, 15) is 0 Å². The van der Waals surface area contributed by atoms with Crippen LogP contribution in [-0.2, 0) is 12.8 Å². The highest BCUT2D eigenvalue weighted by molar-refractivity contribution is 14.1. The summed E-state index contributed by atoms with van der Waals surface area (Å²) in [6, 6.07) is 6.82. The summed E-state index contributed by atoms with van der Waals surface area (Å²) in [6.07, 6.45) is 3.55. The number of hydrogen-bond donors (Lipinski definition) is 0. The van der Waals surface area contributed by atoms with Gasteiger partial charge in [-0.1, -0.05) is 35.0 Å². The van der Waals surface area contributed by atoms with Gasteiger partial charge in [-0.2, -0.15) is 0 Å². The van der Waals surface area contributed by atoms with Crippen LogP contribution in [0.15, 0.2) is 18.2 Å². The van der Waals surface area contributed by atoms with Crippen LogP contribution >= 0.6 is 38.5 Å². The molecule has 0 spiro atoms. The van der Waals surface area contributed by atoms with Gasteiger partial charge in [-0.15, -0.1) is 0 Å². The van der Waals surface area contributed by atoms with Crippen molar-refractivity contribution in [1.82, 2.24) is 0 Å². The van der Waals surface area contributed by atoms with Gasteiger partial charge >= 0.3 is 0 Å². The van der Waals surface area contributed by atoms with Crippen LogP contribution in [0, 0.1) is 3.57 Å². The summed E-state index contributed by atoms with van der Waals surface area (Å²) in [7, 11) is 0. The van der Waals surface area contributed by atoms with Gasteiger partial charge in [0, 0.05) is 8.90 Å². The van der Waals surface area contributed by atoms with E-state index in [-0.39, 0.29) is 0 Å². The molecule has 1 aromatic carbocycles. The van der Waals surface area contributed by atoms with Crippen molar-refractivity contribution in [2.45, 2.75) is 26.2 Å². The van der Waals surface area contributed by atoms with Crippen LogP contribution in [0.3, 0.4) is 0 Å². The molecule has 13 heavy (non-hydrogen) atoms. The van der Waals surface area contributed by atoms with Gasteiger partial charge in [-0.05, 0) is 59.0 Å². The maximum Gasteiger partial charge on any atom is 0.0164 e. The molecule has 0 aliphatic heterocycles. The first-order valence-corrected chi connectivity index (χ1v) is 6.81. The molecule has 1 rings (SSSR count). The first-order valence-electron chi connectivity index (χ1n) is 4.61. The van der Waals surface area contributed by atoms with E-state index in [1.165, 1.54) is 27.5 Å². The number of hydrogen-bond acceptors (Lipinski definition) is 0. The van der Waals surface area contributed by atoms with Crippen LogP contribution in [-0.4, -0.2) is 5.33 Å². The van der Waals surface area contributed by atoms with Crippen LogP contribution in [0.25, 0.3) is 0 Å². The fourth-order valence-electron chi connectivity index (χ4n) is 1.30. The summed E-state index contributed by atoms with van der Waals surface area (Å²) < 4.78 is 1.41. The smallest absolute Gasteiger partial charge is 0.0164 e. The normalized spacial score (nSPS) is 10.4. The van der Waals surface area contributed by atoms with Gasteiger partial charge in [-0.25, -0.2) is 0 Å². The summed E-state index contributed by atoms with van der Waals surface area (Å²) in [5.41, 5.74) is 2.92. The highest BCUT2D eigenvalue weighted by atomic mass is 127. The number of rotatable bonds is 4. The van der Waals surface area contributed by atoms with Gasteiger partial charge in [-0.3, -0.25) is 0 Å². The molecule has 0 atom stereocenters. The third kappa shape index (κ3) is 3.58. The Balaban J connectivity index is 2.71. The first kappa shape index (κ1) is 11.5. The van der Waals surface area contributed by atoms with E-state index in [0.29, 0.717) is 0 Å². The van der Waals surface area contributed by atoms with Crippen molar-refractivity contribution in [2.75, 3.05) is 5.33 Å². The van der Waals surface area contributed by atoms with Crippen LogP contribution in [0.2, 0.25) is 0 Å². The molecular weight excluding hydrogens is 339 g/mol. The van der Waals surface area contributed by atoms with Crippen molar-refractivity contribution >= 4 is 38.5 Å². The lowest BCUT2D eigenvalue weighted by Crippen LogP contribution is -1.91. The van der Waals surface area contributed by atoms with Crippen LogP contribution in [0.5, 0.6) is 0 Å². The lowest BCUT2D eigenvalue weighted by atomic mass is 10.1. The quantitative estimate of drug-likeness (QED) is 0.563. The molecule has 0 heterocycles. The molecule has 72 valence electrons. The molecule has 0 aliphatic carbocycles. The fourth-order valence-corrected chi connectivity index (χ4v) is 2.55. The van der Waals surface area contributed by atoms with Crippen LogP contribution < -0.4 is 0 Å². The maximum absolute atomic E-state index is 3.45. The van der Waals surface area contributed by atoms with Gasteiger partial charge in [0.2, 0.25) is 0 Å². The standard InChI is InChI=1S/C11H14BrI/c1-2-10-6-5-9(4-3-7-12)8-11(10)13/h5-6,8H,2-4,7H2,1H3. The summed E-state index contributed by atoms with van der Waals surface area (Å²) in [6.45, 7) is 2.20. The second kappa shape index (κ2) is 6.02. The summed E-state index contributed by atoms with van der Waals surface area (Å²) in [5.74, 6) is 0. The molecule has 0 amide bonds. The molecule has 2 heteroatoms. The molecule has 0 saturated heterocycles. The lowest BCUT2D eigenvalue weighted by Gasteiger charge is -2.04. The molecule has 1 aromatic rings. The number of aryl methyl sites for hydroxylation is 2. The molecule has 0 bridgehead atoms. The van der Waals surface area contributed by atoms with Crippen LogP contribution in [0.4, 0.5) is 0 Å². The zero-order valence-electron chi connectivity index (χ0n) is 7.82. The van der Waals surface area contributed by atoms with Gasteiger partial charge in [0.1, 0.15) is 0 Å². The number of benzene rings is 1. The fraction of sp³-hybridized carbons (Fsp3) is 0.455. The first-order chi connectivity index (χ1) is 6.27. The van der Waals surface area contributed by atoms with E-state index < -0.39 is 0 Å². The predicted octanol–water partition coefficient (Wildman–Crippen LogP) is 4.18. The SMILES string of the molecule is CCc1ccc(CCCBr)cc1I. The average Bonchev–Trinajstić information content (AvgIpc) is 2.15. The zero-order chi connectivity index (χ0) is 9.68. The Labute approximate surface area is 102 Å². The minimum Gasteiger partial charge on any atom is -0.0928 e. The molecule has 0 unspecified atom stereocenters. The van der Waals surface area contributed by atoms with Crippen molar-refractivity contribution in [1.29, 1.82) is 0 Å². The van der Waals surface area contributed by atoms with Gasteiger partial charge in [0.15, 0.2) is 0 Å². The average molecular weight is 353 g/mol. The van der Waals surface area contributed by atoms with Crippen molar-refractivity contribution in [3.8, 4) is 0 Å². The van der Waals surface area contributed by atoms with Crippen molar-refractivity contribution in [3.63, 3.8) is 0 Å². The van der Waals surface area contributed by atoms with Crippen molar-refractivity contribution in [3.05, 3.63) is 32.9 Å². The van der Waals surface area contributed by atoms with E-state index in [1.807, 2.05) is 0 Å². The number of halogens is 2. The van der Waals surface area contributed by atoms with Crippen molar-refractivity contribution in [2.24, 2.45) is 0 Å². The van der Waals surface area contributed by atoms with E-state index >= 15 is 0 Å². The summed E-state index contributed by atoms with van der Waals surface area (Å²) in [4.78, 5) is 0. The maximum atomic E-state index is 3.45. The molecule has 0 aromatic heterocycles. The monoisotopic (exact) mass is 352 g/mol. The van der Waals surface area contributed by atoms with Gasteiger partial charge in [0.05, 0.1) is 0 Å². The van der Waals surface area contributed by atoms with E-state index in [4.69, 9.17) is 0 Å². The molecule has 0 nitrogen and oxygen atoms in total. The molecular formula is C11H14BrI. The Bertz CT molecular complexity index is 271. The van der Waals surface area contributed by atoms with Crippen molar-refractivity contribution < 1.29 is 0 Å². The Kier molecular flexibility index (Phi) is 5.32. The summed E-state index contributed by atoms with van der Waals surface area (Å²) in [5, 5.41) is 1.10. The highest BCUT2D eigenvalue weighted by Crippen LogP contribution is 2.16. The topological polar surface area (TPSA) is 0 Å². The Morgan fingerprint density at radius 3 is 2.69 bits per heavy atom. The highest BCUT2D eigenvalue weighted by Gasteiger charge is 1.98. The minimum atomic E-state index is 1.10. The third-order valence-corrected chi connectivity index (χ3v) is 3.66.